The van der Waals surface area contributed by atoms with Crippen molar-refractivity contribution in [3.05, 3.63) is 40.9 Å². The van der Waals surface area contributed by atoms with Crippen molar-refractivity contribution >= 4 is 39.9 Å². The van der Waals surface area contributed by atoms with E-state index in [0.717, 1.165) is 42.3 Å². The molecule has 10 heteroatoms. The maximum Gasteiger partial charge on any atom is 0.261 e. The van der Waals surface area contributed by atoms with Crippen LogP contribution in [0.25, 0.3) is 10.9 Å². The molecule has 1 saturated heterocycles. The Hall–Kier alpha value is -2.75. The molecule has 2 aromatic heterocycles. The van der Waals surface area contributed by atoms with E-state index < -0.39 is 0 Å². The molecule has 1 atom stereocenters. The number of aryl methyl sites for hydroxylation is 1. The zero-order valence-corrected chi connectivity index (χ0v) is 17.0. The van der Waals surface area contributed by atoms with E-state index in [1.807, 2.05) is 23.7 Å². The first kappa shape index (κ1) is 19.6. The lowest BCUT2D eigenvalue weighted by molar-refractivity contribution is -0.0366. The minimum absolute atomic E-state index is 0.0147. The highest BCUT2D eigenvalue weighted by Crippen LogP contribution is 2.32. The van der Waals surface area contributed by atoms with E-state index in [4.69, 9.17) is 22.2 Å². The zero-order valence-electron chi connectivity index (χ0n) is 16.2. The third-order valence-electron chi connectivity index (χ3n) is 4.97. The summed E-state index contributed by atoms with van der Waals surface area (Å²) in [5.41, 5.74) is 2.71. The van der Waals surface area contributed by atoms with Crippen LogP contribution in [0.3, 0.4) is 0 Å². The number of nitrogens with one attached hydrogen (secondary N) is 1. The Balaban J connectivity index is 1.70. The summed E-state index contributed by atoms with van der Waals surface area (Å²) in [7, 11) is 1.58. The highest BCUT2D eigenvalue weighted by atomic mass is 35.5. The fourth-order valence-electron chi connectivity index (χ4n) is 3.50. The van der Waals surface area contributed by atoms with Gasteiger partial charge in [-0.25, -0.2) is 15.5 Å². The summed E-state index contributed by atoms with van der Waals surface area (Å²) < 4.78 is 7.75. The van der Waals surface area contributed by atoms with Gasteiger partial charge < -0.3 is 10.1 Å². The lowest BCUT2D eigenvalue weighted by Crippen LogP contribution is -2.29. The number of carbonyl (C=O) groups excluding carboxylic acids is 1. The molecule has 1 aliphatic heterocycles. The number of hydrogen-bond donors (Lipinski definition) is 2. The van der Waals surface area contributed by atoms with Crippen molar-refractivity contribution in [3.63, 3.8) is 0 Å². The van der Waals surface area contributed by atoms with Gasteiger partial charge >= 0.3 is 0 Å². The van der Waals surface area contributed by atoms with Crippen LogP contribution in [0.15, 0.2) is 24.5 Å². The van der Waals surface area contributed by atoms with Gasteiger partial charge in [-0.3, -0.25) is 9.80 Å². The maximum atomic E-state index is 13.0. The fourth-order valence-corrected chi connectivity index (χ4v) is 3.63. The fraction of sp³-hybridized carbons (Fsp3) is 0.368. The van der Waals surface area contributed by atoms with E-state index in [9.17, 15) is 4.79 Å². The molecule has 3 heterocycles. The van der Waals surface area contributed by atoms with Crippen molar-refractivity contribution in [2.45, 2.75) is 32.4 Å². The Morgan fingerprint density at radius 3 is 2.93 bits per heavy atom. The second kappa shape index (κ2) is 7.94. The summed E-state index contributed by atoms with van der Waals surface area (Å²) in [6, 6.07) is 3.95. The largest absolute Gasteiger partial charge is 0.356 e. The van der Waals surface area contributed by atoms with Crippen LogP contribution in [0.1, 0.15) is 41.4 Å². The number of amides is 1. The van der Waals surface area contributed by atoms with E-state index in [-0.39, 0.29) is 28.8 Å². The normalized spacial score (nSPS) is 16.8. The highest BCUT2D eigenvalue weighted by Gasteiger charge is 2.22. The topological polar surface area (TPSA) is 111 Å². The van der Waals surface area contributed by atoms with Crippen LogP contribution >= 0.6 is 11.6 Å². The number of nitrogens with zero attached hydrogens (tertiary/aromatic N) is 5. The van der Waals surface area contributed by atoms with Gasteiger partial charge in [0.05, 0.1) is 17.4 Å². The molecule has 0 spiro atoms. The number of aromatic nitrogens is 4. The second-order valence-corrected chi connectivity index (χ2v) is 7.38. The number of rotatable bonds is 4. The van der Waals surface area contributed by atoms with Gasteiger partial charge in [0.2, 0.25) is 5.28 Å². The summed E-state index contributed by atoms with van der Waals surface area (Å²) in [4.78, 5) is 20.9. The van der Waals surface area contributed by atoms with Crippen molar-refractivity contribution < 1.29 is 9.53 Å². The number of ether oxygens (including phenoxy) is 1. The number of carbonyl (C=O) groups is 1. The number of fused-ring (bicyclic) bond motifs is 1. The van der Waals surface area contributed by atoms with Gasteiger partial charge in [-0.05, 0) is 49.4 Å². The maximum absolute atomic E-state index is 13.0. The lowest BCUT2D eigenvalue weighted by atomic mass is 10.1. The number of hydrazine groups is 1. The first-order valence-corrected chi connectivity index (χ1v) is 9.74. The van der Waals surface area contributed by atoms with Gasteiger partial charge in [-0.1, -0.05) is 6.07 Å². The molecule has 0 bridgehead atoms. The molecule has 0 aliphatic carbocycles. The second-order valence-electron chi connectivity index (χ2n) is 7.04. The van der Waals surface area contributed by atoms with Crippen molar-refractivity contribution in [1.82, 2.24) is 19.7 Å². The molecule has 29 heavy (non-hydrogen) atoms. The van der Waals surface area contributed by atoms with Gasteiger partial charge in [0.1, 0.15) is 5.56 Å². The minimum atomic E-state index is -0.383. The van der Waals surface area contributed by atoms with Gasteiger partial charge in [0, 0.05) is 25.2 Å². The third kappa shape index (κ3) is 3.76. The van der Waals surface area contributed by atoms with Crippen LogP contribution in [-0.2, 0) is 4.74 Å². The summed E-state index contributed by atoms with van der Waals surface area (Å²) >= 11 is 5.85. The molecule has 3 aromatic rings. The summed E-state index contributed by atoms with van der Waals surface area (Å²) in [5, 5.41) is 9.57. The Morgan fingerprint density at radius 2 is 2.21 bits per heavy atom. The van der Waals surface area contributed by atoms with Crippen LogP contribution in [0.4, 0.5) is 11.5 Å². The van der Waals surface area contributed by atoms with Gasteiger partial charge in [0.25, 0.3) is 5.91 Å². The first-order chi connectivity index (χ1) is 14.0. The Kier molecular flexibility index (Phi) is 5.35. The molecule has 1 fully saturated rings. The van der Waals surface area contributed by atoms with Crippen molar-refractivity contribution in [2.75, 3.05) is 24.0 Å². The first-order valence-electron chi connectivity index (χ1n) is 9.36. The van der Waals surface area contributed by atoms with Crippen LogP contribution in [-0.4, -0.2) is 39.3 Å². The lowest BCUT2D eigenvalue weighted by Gasteiger charge is -2.23. The van der Waals surface area contributed by atoms with E-state index >= 15 is 0 Å². The van der Waals surface area contributed by atoms with Crippen molar-refractivity contribution in [2.24, 2.45) is 5.84 Å². The molecular weight excluding hydrogens is 394 g/mol. The van der Waals surface area contributed by atoms with Crippen molar-refractivity contribution in [3.8, 4) is 0 Å². The summed E-state index contributed by atoms with van der Waals surface area (Å²) in [5.74, 6) is 5.65. The molecule has 0 radical (unpaired) electrons. The van der Waals surface area contributed by atoms with E-state index in [0.29, 0.717) is 5.69 Å². The van der Waals surface area contributed by atoms with E-state index in [2.05, 4.69) is 20.4 Å². The molecule has 1 aromatic carbocycles. The van der Waals surface area contributed by atoms with Crippen LogP contribution in [0.2, 0.25) is 5.28 Å². The number of halogens is 1. The molecule has 1 aliphatic rings. The number of benzene rings is 1. The SMILES string of the molecule is Cc1ccc2c(cnn2C2CCCCO2)c1NC(=O)c1cnc(Cl)nc1N(C)N. The Bertz CT molecular complexity index is 1060. The quantitative estimate of drug-likeness (QED) is 0.382. The molecule has 4 rings (SSSR count). The van der Waals surface area contributed by atoms with E-state index in [1.54, 1.807) is 13.2 Å². The number of hydrogen-bond acceptors (Lipinski definition) is 7. The number of anilines is 2. The van der Waals surface area contributed by atoms with Gasteiger partial charge in [-0.2, -0.15) is 10.1 Å². The molecule has 1 amide bonds. The standard InChI is InChI=1S/C19H22ClN7O2/c1-11-6-7-14-12(10-23-27(14)15-5-3-4-8-29-15)16(11)24-18(28)13-9-22-19(20)25-17(13)26(2)21/h6-7,9-10,15H,3-5,8,21H2,1-2H3,(H,24,28). The predicted octanol–water partition coefficient (Wildman–Crippen LogP) is 3.05. The Morgan fingerprint density at radius 1 is 1.38 bits per heavy atom. The van der Waals surface area contributed by atoms with Crippen molar-refractivity contribution in [1.29, 1.82) is 0 Å². The zero-order chi connectivity index (χ0) is 20.5. The monoisotopic (exact) mass is 415 g/mol. The van der Waals surface area contributed by atoms with Crippen LogP contribution in [0.5, 0.6) is 0 Å². The smallest absolute Gasteiger partial charge is 0.261 e. The molecule has 0 saturated carbocycles. The highest BCUT2D eigenvalue weighted by molar-refractivity contribution is 6.28. The average Bonchev–Trinajstić information content (AvgIpc) is 3.15. The molecule has 3 N–H and O–H groups in total. The van der Waals surface area contributed by atoms with Gasteiger partial charge in [-0.15, -0.1) is 0 Å². The number of nitrogens with two attached hydrogens (primary N) is 1. The Labute approximate surface area is 172 Å². The summed E-state index contributed by atoms with van der Waals surface area (Å²) in [6.07, 6.45) is 6.11. The molecule has 152 valence electrons. The molecule has 9 nitrogen and oxygen atoms in total. The van der Waals surface area contributed by atoms with Crippen LogP contribution in [0, 0.1) is 6.92 Å². The summed E-state index contributed by atoms with van der Waals surface area (Å²) in [6.45, 7) is 2.66. The molecular formula is C19H22ClN7O2. The van der Waals surface area contributed by atoms with Crippen LogP contribution < -0.4 is 16.2 Å². The third-order valence-corrected chi connectivity index (χ3v) is 5.16. The van der Waals surface area contributed by atoms with E-state index in [1.165, 1.54) is 11.2 Å². The van der Waals surface area contributed by atoms with Gasteiger partial charge in [0.15, 0.2) is 12.0 Å². The average molecular weight is 416 g/mol. The predicted molar refractivity (Wildman–Crippen MR) is 111 cm³/mol. The molecule has 1 unspecified atom stereocenters. The minimum Gasteiger partial charge on any atom is -0.356 e.